The molecule has 1 amide bonds. The van der Waals surface area contributed by atoms with E-state index in [2.05, 4.69) is 49.1 Å². The Balaban J connectivity index is 0.00000199. The van der Waals surface area contributed by atoms with E-state index >= 15 is 0 Å². The fourth-order valence-corrected chi connectivity index (χ4v) is 4.25. The third-order valence-corrected chi connectivity index (χ3v) is 6.41. The third kappa shape index (κ3) is 8.97. The van der Waals surface area contributed by atoms with Gasteiger partial charge in [-0.05, 0) is 70.7 Å². The van der Waals surface area contributed by atoms with Crippen LogP contribution in [0.1, 0.15) is 53.9 Å². The van der Waals surface area contributed by atoms with Crippen LogP contribution in [0.15, 0.2) is 45.4 Å². The standard InChI is InChI=1S/C24H37N5O3.C2H6/c1-18-6-12-29(20(3)27-24(30)31-4)16-23(18)13-19(2)32-17-21-7-10-28(11-8-21)15-22-5-9-25-26-14-22;1-2/h5,9,13-14,21-22,25H,6-8,10-12,15-17H2,1-4H3;1-2H3/b19-13+,27-20+;. The summed E-state index contributed by atoms with van der Waals surface area (Å²) >= 11 is 0. The molecule has 8 heteroatoms. The van der Waals surface area contributed by atoms with Crippen molar-refractivity contribution in [3.05, 3.63) is 35.3 Å². The van der Waals surface area contributed by atoms with Crippen molar-refractivity contribution in [2.45, 2.75) is 53.9 Å². The molecule has 34 heavy (non-hydrogen) atoms. The molecule has 1 saturated heterocycles. The van der Waals surface area contributed by atoms with Crippen LogP contribution in [0, 0.1) is 11.8 Å². The minimum Gasteiger partial charge on any atom is -0.498 e. The van der Waals surface area contributed by atoms with Gasteiger partial charge in [0.2, 0.25) is 0 Å². The number of piperidine rings is 1. The molecule has 1 unspecified atom stereocenters. The summed E-state index contributed by atoms with van der Waals surface area (Å²) in [5, 5.41) is 4.12. The molecule has 0 bridgehead atoms. The quantitative estimate of drug-likeness (QED) is 0.346. The number of methoxy groups -OCH3 is 1. The van der Waals surface area contributed by atoms with Crippen molar-refractivity contribution < 1.29 is 14.3 Å². The summed E-state index contributed by atoms with van der Waals surface area (Å²) in [6.07, 6.45) is 10.9. The molecule has 0 aromatic heterocycles. The summed E-state index contributed by atoms with van der Waals surface area (Å²) in [5.41, 5.74) is 5.45. The topological polar surface area (TPSA) is 78.8 Å². The number of aliphatic imine (C=N–C) groups is 1. The molecule has 8 nitrogen and oxygen atoms in total. The van der Waals surface area contributed by atoms with Gasteiger partial charge in [-0.2, -0.15) is 10.1 Å². The number of hydrogen-bond donors (Lipinski definition) is 1. The van der Waals surface area contributed by atoms with Crippen LogP contribution in [0.3, 0.4) is 0 Å². The lowest BCUT2D eigenvalue weighted by molar-refractivity contribution is 0.106. The van der Waals surface area contributed by atoms with Gasteiger partial charge in [-0.15, -0.1) is 0 Å². The molecular weight excluding hydrogens is 430 g/mol. The SMILES string of the molecule is CC.COC(=O)/N=C(\C)N1CCC(C)=C(/C=C(\C)OCC2CCN(CC3C=CNN=C3)CC2)C1. The first kappa shape index (κ1) is 27.6. The number of carbonyl (C=O) groups excluding carboxylic acids is 1. The molecular formula is C26H43N5O3. The second-order valence-electron chi connectivity index (χ2n) is 8.85. The van der Waals surface area contributed by atoms with Gasteiger partial charge in [-0.25, -0.2) is 4.79 Å². The van der Waals surface area contributed by atoms with E-state index in [9.17, 15) is 4.79 Å². The first-order valence-corrected chi connectivity index (χ1v) is 12.5. The lowest BCUT2D eigenvalue weighted by Gasteiger charge is -2.33. The predicted molar refractivity (Wildman–Crippen MR) is 139 cm³/mol. The van der Waals surface area contributed by atoms with Gasteiger partial charge in [0.25, 0.3) is 0 Å². The molecule has 190 valence electrons. The lowest BCUT2D eigenvalue weighted by Crippen LogP contribution is -2.38. The number of nitrogens with one attached hydrogen (secondary N) is 1. The van der Waals surface area contributed by atoms with Gasteiger partial charge < -0.3 is 19.3 Å². The molecule has 0 saturated carbocycles. The lowest BCUT2D eigenvalue weighted by atomic mass is 9.96. The van der Waals surface area contributed by atoms with Crippen molar-refractivity contribution in [1.82, 2.24) is 15.2 Å². The van der Waals surface area contributed by atoms with E-state index in [0.717, 1.165) is 64.4 Å². The van der Waals surface area contributed by atoms with Gasteiger partial charge in [-0.3, -0.25) is 5.43 Å². The zero-order valence-corrected chi connectivity index (χ0v) is 21.8. The number of nitrogens with zero attached hydrogens (tertiary/aromatic N) is 4. The number of likely N-dealkylation sites (tertiary alicyclic amines) is 1. The average Bonchev–Trinajstić information content (AvgIpc) is 2.86. The third-order valence-electron chi connectivity index (χ3n) is 6.41. The van der Waals surface area contributed by atoms with Crippen LogP contribution in [-0.2, 0) is 9.47 Å². The Morgan fingerprint density at radius 1 is 1.26 bits per heavy atom. The molecule has 3 heterocycles. The Bertz CT molecular complexity index is 795. The molecule has 3 rings (SSSR count). The number of hydrazone groups is 1. The van der Waals surface area contributed by atoms with E-state index in [1.165, 1.54) is 18.3 Å². The molecule has 1 N–H and O–H groups in total. The summed E-state index contributed by atoms with van der Waals surface area (Å²) in [6.45, 7) is 15.7. The highest BCUT2D eigenvalue weighted by Crippen LogP contribution is 2.23. The Hall–Kier alpha value is -2.61. The fourth-order valence-electron chi connectivity index (χ4n) is 4.25. The smallest absolute Gasteiger partial charge is 0.434 e. The summed E-state index contributed by atoms with van der Waals surface area (Å²) in [4.78, 5) is 20.1. The summed E-state index contributed by atoms with van der Waals surface area (Å²) in [5.74, 6) is 2.63. The van der Waals surface area contributed by atoms with Crippen molar-refractivity contribution in [2.75, 3.05) is 46.4 Å². The zero-order chi connectivity index (χ0) is 24.9. The molecule has 0 aliphatic carbocycles. The van der Waals surface area contributed by atoms with Gasteiger partial charge in [0.15, 0.2) is 0 Å². The van der Waals surface area contributed by atoms with Crippen LogP contribution in [0.4, 0.5) is 4.79 Å². The highest BCUT2D eigenvalue weighted by atomic mass is 16.5. The average molecular weight is 474 g/mol. The molecule has 1 fully saturated rings. The van der Waals surface area contributed by atoms with Crippen molar-refractivity contribution in [1.29, 1.82) is 0 Å². The number of carbonyl (C=O) groups is 1. The number of allylic oxidation sites excluding steroid dienone is 1. The molecule has 3 aliphatic heterocycles. The second kappa shape index (κ2) is 14.6. The monoisotopic (exact) mass is 473 g/mol. The first-order chi connectivity index (χ1) is 16.4. The van der Waals surface area contributed by atoms with Crippen LogP contribution in [0.5, 0.6) is 0 Å². The van der Waals surface area contributed by atoms with Crippen molar-refractivity contribution in [3.63, 3.8) is 0 Å². The number of amidine groups is 1. The minimum atomic E-state index is -0.559. The summed E-state index contributed by atoms with van der Waals surface area (Å²) in [6, 6.07) is 0. The predicted octanol–water partition coefficient (Wildman–Crippen LogP) is 4.57. The fraction of sp³-hybridized carbons (Fsp3) is 0.654. The number of rotatable bonds is 6. The number of ether oxygens (including phenoxy) is 2. The van der Waals surface area contributed by atoms with Crippen molar-refractivity contribution in [2.24, 2.45) is 21.9 Å². The maximum atomic E-state index is 11.4. The van der Waals surface area contributed by atoms with Gasteiger partial charge in [0.1, 0.15) is 5.84 Å². The van der Waals surface area contributed by atoms with Gasteiger partial charge in [0, 0.05) is 38.0 Å². The Morgan fingerprint density at radius 2 is 2.00 bits per heavy atom. The van der Waals surface area contributed by atoms with E-state index in [1.54, 1.807) is 0 Å². The van der Waals surface area contributed by atoms with E-state index in [0.29, 0.717) is 17.7 Å². The molecule has 0 radical (unpaired) electrons. The highest BCUT2D eigenvalue weighted by molar-refractivity contribution is 5.90. The van der Waals surface area contributed by atoms with E-state index in [-0.39, 0.29) is 0 Å². The van der Waals surface area contributed by atoms with Gasteiger partial charge in [-0.1, -0.05) is 25.5 Å². The largest absolute Gasteiger partial charge is 0.498 e. The van der Waals surface area contributed by atoms with Crippen LogP contribution >= 0.6 is 0 Å². The Morgan fingerprint density at radius 3 is 2.65 bits per heavy atom. The van der Waals surface area contributed by atoms with Crippen LogP contribution in [0.2, 0.25) is 0 Å². The summed E-state index contributed by atoms with van der Waals surface area (Å²) < 4.78 is 10.8. The molecule has 0 spiro atoms. The van der Waals surface area contributed by atoms with Crippen molar-refractivity contribution in [3.8, 4) is 0 Å². The van der Waals surface area contributed by atoms with Crippen LogP contribution < -0.4 is 5.43 Å². The highest BCUT2D eigenvalue weighted by Gasteiger charge is 2.22. The van der Waals surface area contributed by atoms with E-state index in [1.807, 2.05) is 40.1 Å². The van der Waals surface area contributed by atoms with E-state index in [4.69, 9.17) is 4.74 Å². The summed E-state index contributed by atoms with van der Waals surface area (Å²) in [7, 11) is 1.35. The molecule has 0 aromatic carbocycles. The maximum absolute atomic E-state index is 11.4. The maximum Gasteiger partial charge on any atom is 0.434 e. The van der Waals surface area contributed by atoms with Crippen molar-refractivity contribution >= 4 is 18.1 Å². The normalized spacial score (nSPS) is 22.2. The van der Waals surface area contributed by atoms with E-state index < -0.39 is 6.09 Å². The van der Waals surface area contributed by atoms with Crippen LogP contribution in [-0.4, -0.2) is 74.4 Å². The number of hydrogen-bond acceptors (Lipinski definition) is 6. The molecule has 3 aliphatic rings. The Kier molecular flexibility index (Phi) is 11.9. The molecule has 0 aromatic rings. The van der Waals surface area contributed by atoms with Gasteiger partial charge >= 0.3 is 6.09 Å². The number of amides is 1. The van der Waals surface area contributed by atoms with Gasteiger partial charge in [0.05, 0.1) is 19.5 Å². The van der Waals surface area contributed by atoms with Crippen LogP contribution in [0.25, 0.3) is 0 Å². The molecule has 1 atom stereocenters. The second-order valence-corrected chi connectivity index (χ2v) is 8.85. The first-order valence-electron chi connectivity index (χ1n) is 12.5. The zero-order valence-electron chi connectivity index (χ0n) is 21.8. The Labute approximate surface area is 205 Å². The minimum absolute atomic E-state index is 0.405.